The summed E-state index contributed by atoms with van der Waals surface area (Å²) in [6.45, 7) is 6.80. The summed E-state index contributed by atoms with van der Waals surface area (Å²) in [5, 5.41) is 3.41. The Morgan fingerprint density at radius 2 is 2.00 bits per heavy atom. The Kier molecular flexibility index (Phi) is 4.38. The fourth-order valence-corrected chi connectivity index (χ4v) is 2.96. The number of nitrogens with zero attached hydrogens (tertiary/aromatic N) is 1. The molecule has 2 nitrogen and oxygen atoms in total. The monoisotopic (exact) mass is 282 g/mol. The molecule has 0 aromatic heterocycles. The van der Waals surface area contributed by atoms with Crippen molar-refractivity contribution < 1.29 is 0 Å². The summed E-state index contributed by atoms with van der Waals surface area (Å²) >= 11 is 3.66. The lowest BCUT2D eigenvalue weighted by atomic mass is 10.0. The maximum absolute atomic E-state index is 3.66. The molecule has 0 bridgehead atoms. The molecule has 16 heavy (non-hydrogen) atoms. The molecule has 1 heterocycles. The lowest BCUT2D eigenvalue weighted by Gasteiger charge is -2.35. The van der Waals surface area contributed by atoms with E-state index in [-0.39, 0.29) is 0 Å². The number of rotatable bonds is 3. The van der Waals surface area contributed by atoms with Gasteiger partial charge in [-0.15, -0.1) is 0 Å². The zero-order chi connectivity index (χ0) is 11.4. The van der Waals surface area contributed by atoms with Crippen LogP contribution >= 0.6 is 15.9 Å². The van der Waals surface area contributed by atoms with Gasteiger partial charge in [-0.1, -0.05) is 41.1 Å². The molecule has 1 aliphatic heterocycles. The summed E-state index contributed by atoms with van der Waals surface area (Å²) in [6.07, 6.45) is 1.17. The molecule has 1 aromatic rings. The van der Waals surface area contributed by atoms with E-state index in [1.165, 1.54) is 16.5 Å². The van der Waals surface area contributed by atoms with Crippen LogP contribution < -0.4 is 5.32 Å². The highest BCUT2D eigenvalue weighted by Gasteiger charge is 2.21. The Labute approximate surface area is 106 Å². The number of hydrogen-bond acceptors (Lipinski definition) is 2. The van der Waals surface area contributed by atoms with Crippen molar-refractivity contribution in [2.45, 2.75) is 19.4 Å². The molecule has 1 aromatic carbocycles. The van der Waals surface area contributed by atoms with Gasteiger partial charge in [-0.3, -0.25) is 4.90 Å². The summed E-state index contributed by atoms with van der Waals surface area (Å²) in [6, 6.07) is 9.14. The van der Waals surface area contributed by atoms with Gasteiger partial charge in [0.15, 0.2) is 0 Å². The molecule has 3 heteroatoms. The minimum Gasteiger partial charge on any atom is -0.314 e. The molecule has 1 saturated heterocycles. The number of piperazine rings is 1. The maximum atomic E-state index is 3.66. The Bertz CT molecular complexity index is 334. The lowest BCUT2D eigenvalue weighted by molar-refractivity contribution is 0.169. The van der Waals surface area contributed by atoms with Crippen LogP contribution in [-0.4, -0.2) is 31.1 Å². The van der Waals surface area contributed by atoms with Crippen molar-refractivity contribution in [3.63, 3.8) is 0 Å². The van der Waals surface area contributed by atoms with E-state index in [2.05, 4.69) is 57.3 Å². The summed E-state index contributed by atoms with van der Waals surface area (Å²) in [4.78, 5) is 2.58. The van der Waals surface area contributed by atoms with Gasteiger partial charge in [0, 0.05) is 36.7 Å². The Morgan fingerprint density at radius 3 is 2.62 bits per heavy atom. The largest absolute Gasteiger partial charge is 0.314 e. The van der Waals surface area contributed by atoms with Crippen molar-refractivity contribution in [2.75, 3.05) is 26.2 Å². The molecule has 0 unspecified atom stereocenters. The van der Waals surface area contributed by atoms with Gasteiger partial charge in [-0.25, -0.2) is 0 Å². The first-order chi connectivity index (χ1) is 7.83. The number of hydrogen-bond donors (Lipinski definition) is 1. The minimum absolute atomic E-state index is 0.553. The van der Waals surface area contributed by atoms with E-state index in [1.54, 1.807) is 0 Å². The van der Waals surface area contributed by atoms with Gasteiger partial charge in [0.2, 0.25) is 0 Å². The van der Waals surface area contributed by atoms with Gasteiger partial charge in [0.25, 0.3) is 0 Å². The van der Waals surface area contributed by atoms with E-state index in [1.807, 2.05) is 0 Å². The van der Waals surface area contributed by atoms with Crippen LogP contribution in [0.3, 0.4) is 0 Å². The summed E-state index contributed by atoms with van der Waals surface area (Å²) in [5.41, 5.74) is 1.42. The van der Waals surface area contributed by atoms with Crippen LogP contribution in [0.1, 0.15) is 24.9 Å². The van der Waals surface area contributed by atoms with E-state index in [0.717, 1.165) is 26.2 Å². The third-order valence-electron chi connectivity index (χ3n) is 3.24. The van der Waals surface area contributed by atoms with Crippen LogP contribution in [0.5, 0.6) is 0 Å². The van der Waals surface area contributed by atoms with E-state index in [4.69, 9.17) is 0 Å². The van der Waals surface area contributed by atoms with E-state index in [0.29, 0.717) is 6.04 Å². The zero-order valence-electron chi connectivity index (χ0n) is 9.75. The van der Waals surface area contributed by atoms with Crippen LogP contribution in [0, 0.1) is 0 Å². The van der Waals surface area contributed by atoms with Crippen LogP contribution in [0.2, 0.25) is 0 Å². The van der Waals surface area contributed by atoms with E-state index in [9.17, 15) is 0 Å². The molecule has 0 aliphatic carbocycles. The van der Waals surface area contributed by atoms with Gasteiger partial charge in [-0.2, -0.15) is 0 Å². The smallest absolute Gasteiger partial charge is 0.0357 e. The molecule has 0 radical (unpaired) electrons. The second-order valence-electron chi connectivity index (χ2n) is 4.23. The SMILES string of the molecule is CC[C@@H](c1ccccc1Br)N1CCNCC1. The molecule has 2 rings (SSSR count). The van der Waals surface area contributed by atoms with Gasteiger partial charge in [0.1, 0.15) is 0 Å². The maximum Gasteiger partial charge on any atom is 0.0357 e. The zero-order valence-corrected chi connectivity index (χ0v) is 11.3. The molecule has 1 N–H and O–H groups in total. The van der Waals surface area contributed by atoms with Gasteiger partial charge >= 0.3 is 0 Å². The first kappa shape index (κ1) is 12.1. The van der Waals surface area contributed by atoms with Crippen molar-refractivity contribution >= 4 is 15.9 Å². The van der Waals surface area contributed by atoms with E-state index < -0.39 is 0 Å². The van der Waals surface area contributed by atoms with Crippen LogP contribution in [0.4, 0.5) is 0 Å². The Morgan fingerprint density at radius 1 is 1.31 bits per heavy atom. The average molecular weight is 283 g/mol. The quantitative estimate of drug-likeness (QED) is 0.917. The third-order valence-corrected chi connectivity index (χ3v) is 3.97. The molecule has 1 fully saturated rings. The molecule has 0 spiro atoms. The second kappa shape index (κ2) is 5.80. The standard InChI is InChI=1S/C13H19BrN2/c1-2-13(16-9-7-15-8-10-16)11-5-3-4-6-12(11)14/h3-6,13,15H,2,7-10H2,1H3/t13-/m0/s1. The fourth-order valence-electron chi connectivity index (χ4n) is 2.41. The Hall–Kier alpha value is -0.380. The number of nitrogens with one attached hydrogen (secondary N) is 1. The van der Waals surface area contributed by atoms with E-state index >= 15 is 0 Å². The summed E-state index contributed by atoms with van der Waals surface area (Å²) in [7, 11) is 0. The molecular formula is C13H19BrN2. The normalized spacial score (nSPS) is 19.6. The third kappa shape index (κ3) is 2.65. The molecule has 0 amide bonds. The number of benzene rings is 1. The molecular weight excluding hydrogens is 264 g/mol. The van der Waals surface area contributed by atoms with Crippen LogP contribution in [0.25, 0.3) is 0 Å². The van der Waals surface area contributed by atoms with Gasteiger partial charge in [0.05, 0.1) is 0 Å². The molecule has 88 valence electrons. The average Bonchev–Trinajstić information content (AvgIpc) is 2.34. The molecule has 1 aliphatic rings. The Balaban J connectivity index is 2.18. The first-order valence-corrected chi connectivity index (χ1v) is 6.81. The minimum atomic E-state index is 0.553. The first-order valence-electron chi connectivity index (χ1n) is 6.02. The predicted octanol–water partition coefficient (Wildman–Crippen LogP) is 2.81. The molecule has 1 atom stereocenters. The number of halogens is 1. The predicted molar refractivity (Wildman–Crippen MR) is 71.6 cm³/mol. The van der Waals surface area contributed by atoms with Crippen LogP contribution in [0.15, 0.2) is 28.7 Å². The highest BCUT2D eigenvalue weighted by molar-refractivity contribution is 9.10. The van der Waals surface area contributed by atoms with Crippen LogP contribution in [-0.2, 0) is 0 Å². The summed E-state index contributed by atoms with van der Waals surface area (Å²) < 4.78 is 1.24. The lowest BCUT2D eigenvalue weighted by Crippen LogP contribution is -2.45. The van der Waals surface area contributed by atoms with Crippen molar-refractivity contribution in [3.05, 3.63) is 34.3 Å². The summed E-state index contributed by atoms with van der Waals surface area (Å²) in [5.74, 6) is 0. The fraction of sp³-hybridized carbons (Fsp3) is 0.538. The van der Waals surface area contributed by atoms with Gasteiger partial charge in [-0.05, 0) is 18.1 Å². The van der Waals surface area contributed by atoms with Gasteiger partial charge < -0.3 is 5.32 Å². The van der Waals surface area contributed by atoms with Crippen molar-refractivity contribution in [1.29, 1.82) is 0 Å². The molecule has 0 saturated carbocycles. The topological polar surface area (TPSA) is 15.3 Å². The highest BCUT2D eigenvalue weighted by Crippen LogP contribution is 2.30. The second-order valence-corrected chi connectivity index (χ2v) is 5.09. The van der Waals surface area contributed by atoms with Crippen molar-refractivity contribution in [1.82, 2.24) is 10.2 Å². The highest BCUT2D eigenvalue weighted by atomic mass is 79.9. The van der Waals surface area contributed by atoms with Crippen molar-refractivity contribution in [3.8, 4) is 0 Å². The van der Waals surface area contributed by atoms with Crippen molar-refractivity contribution in [2.24, 2.45) is 0 Å².